The summed E-state index contributed by atoms with van der Waals surface area (Å²) < 4.78 is 0.532. The Hall–Kier alpha value is -1.86. The summed E-state index contributed by atoms with van der Waals surface area (Å²) in [6.45, 7) is 5.51. The van der Waals surface area contributed by atoms with Gasteiger partial charge in [-0.3, -0.25) is 14.5 Å². The van der Waals surface area contributed by atoms with E-state index < -0.39 is 0 Å². The lowest BCUT2D eigenvalue weighted by Gasteiger charge is -2.19. The fourth-order valence-corrected chi connectivity index (χ4v) is 4.23. The molecule has 1 N–H and O–H groups in total. The van der Waals surface area contributed by atoms with E-state index in [-0.39, 0.29) is 11.8 Å². The van der Waals surface area contributed by atoms with Gasteiger partial charge in [-0.15, -0.1) is 0 Å². The van der Waals surface area contributed by atoms with Gasteiger partial charge in [0.2, 0.25) is 5.91 Å². The van der Waals surface area contributed by atoms with Crippen molar-refractivity contribution in [3.05, 3.63) is 34.7 Å². The maximum absolute atomic E-state index is 12.6. The molecule has 1 heterocycles. The number of hydrogen-bond donors (Lipinski definition) is 1. The lowest BCUT2D eigenvalue weighted by molar-refractivity contribution is -0.123. The molecule has 1 fully saturated rings. The third-order valence-electron chi connectivity index (χ3n) is 4.56. The number of amides is 2. The van der Waals surface area contributed by atoms with Gasteiger partial charge in [0, 0.05) is 39.3 Å². The number of rotatable bonds is 10. The van der Waals surface area contributed by atoms with Gasteiger partial charge in [-0.05, 0) is 30.2 Å². The van der Waals surface area contributed by atoms with Crippen molar-refractivity contribution in [2.45, 2.75) is 39.5 Å². The highest BCUT2D eigenvalue weighted by atomic mass is 32.2. The fourth-order valence-electron chi connectivity index (χ4n) is 2.92. The SMILES string of the molecule is CCCCCCN(C)c1ccc(C=C2SC(=S)N(CCNC(C)=O)C2=O)cc1. The second kappa shape index (κ2) is 11.2. The Morgan fingerprint density at radius 1 is 1.25 bits per heavy atom. The number of benzene rings is 1. The molecule has 0 saturated carbocycles. The third kappa shape index (κ3) is 6.63. The molecule has 1 saturated heterocycles. The number of nitrogens with one attached hydrogen (secondary N) is 1. The van der Waals surface area contributed by atoms with Crippen molar-refractivity contribution in [1.29, 1.82) is 0 Å². The van der Waals surface area contributed by atoms with Crippen molar-refractivity contribution in [3.8, 4) is 0 Å². The Morgan fingerprint density at radius 3 is 2.61 bits per heavy atom. The summed E-state index contributed by atoms with van der Waals surface area (Å²) in [5, 5.41) is 2.69. The van der Waals surface area contributed by atoms with Gasteiger partial charge in [0.05, 0.1) is 4.91 Å². The number of thiocarbonyl (C=S) groups is 1. The van der Waals surface area contributed by atoms with Crippen LogP contribution in [0.2, 0.25) is 0 Å². The Balaban J connectivity index is 1.94. The Labute approximate surface area is 177 Å². The van der Waals surface area contributed by atoms with E-state index in [9.17, 15) is 9.59 Å². The smallest absolute Gasteiger partial charge is 0.266 e. The average Bonchev–Trinajstić information content (AvgIpc) is 2.93. The molecule has 0 aromatic heterocycles. The molecule has 0 radical (unpaired) electrons. The maximum atomic E-state index is 12.6. The molecule has 1 aliphatic rings. The van der Waals surface area contributed by atoms with Crippen molar-refractivity contribution in [2.24, 2.45) is 0 Å². The minimum atomic E-state index is -0.114. The number of hydrogen-bond acceptors (Lipinski definition) is 5. The van der Waals surface area contributed by atoms with Crippen LogP contribution in [0, 0.1) is 0 Å². The van der Waals surface area contributed by atoms with Crippen LogP contribution >= 0.6 is 24.0 Å². The van der Waals surface area contributed by atoms with Crippen molar-refractivity contribution >= 4 is 51.9 Å². The standard InChI is InChI=1S/C21H29N3O2S2/c1-4-5-6-7-13-23(3)18-10-8-17(9-11-18)15-19-20(26)24(21(27)28-19)14-12-22-16(2)25/h8-11,15H,4-7,12-14H2,1-3H3,(H,22,25). The van der Waals surface area contributed by atoms with Crippen LogP contribution in [0.5, 0.6) is 0 Å². The minimum absolute atomic E-state index is 0.0996. The van der Waals surface area contributed by atoms with Crippen LogP contribution in [0.4, 0.5) is 5.69 Å². The first-order valence-corrected chi connectivity index (χ1v) is 11.0. The normalized spacial score (nSPS) is 15.4. The maximum Gasteiger partial charge on any atom is 0.266 e. The summed E-state index contributed by atoms with van der Waals surface area (Å²) in [4.78, 5) is 28.0. The Bertz CT molecular complexity index is 732. The first-order valence-electron chi connectivity index (χ1n) is 9.73. The molecule has 1 aliphatic heterocycles. The van der Waals surface area contributed by atoms with E-state index in [2.05, 4.69) is 36.3 Å². The van der Waals surface area contributed by atoms with Gasteiger partial charge in [0.15, 0.2) is 0 Å². The minimum Gasteiger partial charge on any atom is -0.375 e. The molecule has 152 valence electrons. The molecular weight excluding hydrogens is 390 g/mol. The van der Waals surface area contributed by atoms with E-state index >= 15 is 0 Å². The van der Waals surface area contributed by atoms with Crippen molar-refractivity contribution < 1.29 is 9.59 Å². The predicted octanol–water partition coefficient (Wildman–Crippen LogP) is 4.04. The summed E-state index contributed by atoms with van der Waals surface area (Å²) in [5.74, 6) is -0.214. The number of thioether (sulfide) groups is 1. The Morgan fingerprint density at radius 2 is 1.96 bits per heavy atom. The van der Waals surface area contributed by atoms with Crippen molar-refractivity contribution in [3.63, 3.8) is 0 Å². The number of carbonyl (C=O) groups is 2. The number of unbranched alkanes of at least 4 members (excludes halogenated alkanes) is 3. The van der Waals surface area contributed by atoms with Crippen LogP contribution in [-0.2, 0) is 9.59 Å². The molecule has 5 nitrogen and oxygen atoms in total. The molecule has 0 spiro atoms. The van der Waals surface area contributed by atoms with E-state index in [1.807, 2.05) is 18.2 Å². The second-order valence-electron chi connectivity index (χ2n) is 6.89. The highest BCUT2D eigenvalue weighted by Gasteiger charge is 2.31. The number of carbonyl (C=O) groups excluding carboxylic acids is 2. The van der Waals surface area contributed by atoms with E-state index in [0.717, 1.165) is 12.1 Å². The molecule has 0 unspecified atom stereocenters. The highest BCUT2D eigenvalue weighted by molar-refractivity contribution is 8.26. The van der Waals surface area contributed by atoms with E-state index in [1.54, 1.807) is 4.90 Å². The molecule has 2 rings (SSSR count). The molecule has 28 heavy (non-hydrogen) atoms. The third-order valence-corrected chi connectivity index (χ3v) is 5.94. The van der Waals surface area contributed by atoms with Crippen LogP contribution in [0.1, 0.15) is 45.1 Å². The topological polar surface area (TPSA) is 52.6 Å². The van der Waals surface area contributed by atoms with Crippen molar-refractivity contribution in [2.75, 3.05) is 31.6 Å². The van der Waals surface area contributed by atoms with E-state index in [4.69, 9.17) is 12.2 Å². The van der Waals surface area contributed by atoms with Crippen LogP contribution in [0.3, 0.4) is 0 Å². The number of anilines is 1. The van der Waals surface area contributed by atoms with Crippen LogP contribution in [0.25, 0.3) is 6.08 Å². The monoisotopic (exact) mass is 419 g/mol. The summed E-state index contributed by atoms with van der Waals surface area (Å²) >= 11 is 6.62. The second-order valence-corrected chi connectivity index (χ2v) is 8.57. The molecule has 1 aromatic carbocycles. The van der Waals surface area contributed by atoms with Gasteiger partial charge in [0.1, 0.15) is 4.32 Å². The van der Waals surface area contributed by atoms with Gasteiger partial charge >= 0.3 is 0 Å². The van der Waals surface area contributed by atoms with Crippen LogP contribution in [-0.4, -0.2) is 47.7 Å². The molecule has 0 atom stereocenters. The highest BCUT2D eigenvalue weighted by Crippen LogP contribution is 2.32. The fraction of sp³-hybridized carbons (Fsp3) is 0.476. The zero-order chi connectivity index (χ0) is 20.5. The predicted molar refractivity (Wildman–Crippen MR) is 122 cm³/mol. The summed E-state index contributed by atoms with van der Waals surface area (Å²) in [6, 6.07) is 8.23. The summed E-state index contributed by atoms with van der Waals surface area (Å²) in [6.07, 6.45) is 6.88. The zero-order valence-corrected chi connectivity index (χ0v) is 18.5. The zero-order valence-electron chi connectivity index (χ0n) is 16.9. The average molecular weight is 420 g/mol. The van der Waals surface area contributed by atoms with Crippen molar-refractivity contribution in [1.82, 2.24) is 10.2 Å². The number of nitrogens with zero attached hydrogens (tertiary/aromatic N) is 2. The lowest BCUT2D eigenvalue weighted by atomic mass is 10.1. The molecule has 0 bridgehead atoms. The Kier molecular flexibility index (Phi) is 8.99. The van der Waals surface area contributed by atoms with Gasteiger partial charge in [-0.2, -0.15) is 0 Å². The largest absolute Gasteiger partial charge is 0.375 e. The van der Waals surface area contributed by atoms with Crippen LogP contribution < -0.4 is 10.2 Å². The van der Waals surface area contributed by atoms with E-state index in [1.165, 1.54) is 50.1 Å². The van der Waals surface area contributed by atoms with Gasteiger partial charge in [0.25, 0.3) is 5.91 Å². The van der Waals surface area contributed by atoms with Gasteiger partial charge in [-0.25, -0.2) is 0 Å². The molecule has 0 aliphatic carbocycles. The first kappa shape index (κ1) is 22.4. The quantitative estimate of drug-likeness (QED) is 0.352. The first-order chi connectivity index (χ1) is 13.4. The molecule has 7 heteroatoms. The summed E-state index contributed by atoms with van der Waals surface area (Å²) in [5.41, 5.74) is 2.15. The van der Waals surface area contributed by atoms with Gasteiger partial charge < -0.3 is 10.2 Å². The molecular formula is C21H29N3O2S2. The molecule has 1 aromatic rings. The lowest BCUT2D eigenvalue weighted by Crippen LogP contribution is -2.36. The van der Waals surface area contributed by atoms with E-state index in [0.29, 0.717) is 22.3 Å². The van der Waals surface area contributed by atoms with Crippen LogP contribution in [0.15, 0.2) is 29.2 Å². The summed E-state index contributed by atoms with van der Waals surface area (Å²) in [7, 11) is 2.11. The van der Waals surface area contributed by atoms with Gasteiger partial charge in [-0.1, -0.05) is 62.3 Å². The molecule has 2 amide bonds.